The number of nitrogens with zero attached hydrogens (tertiary/aromatic N) is 1. The van der Waals surface area contributed by atoms with E-state index in [4.69, 9.17) is 0 Å². The Hall–Kier alpha value is -2.28. The predicted molar refractivity (Wildman–Crippen MR) is 82.8 cm³/mol. The minimum atomic E-state index is 0.868. The number of rotatable bonds is 1. The normalized spacial score (nSPS) is 14.9. The van der Waals surface area contributed by atoms with Crippen LogP contribution < -0.4 is 4.90 Å². The molecule has 3 rings (SSSR count). The van der Waals surface area contributed by atoms with E-state index in [9.17, 15) is 0 Å². The van der Waals surface area contributed by atoms with Gasteiger partial charge in [0.15, 0.2) is 0 Å². The fraction of sp³-hybridized carbons (Fsp3) is 0.111. The Labute approximate surface area is 114 Å². The second-order valence-corrected chi connectivity index (χ2v) is 4.91. The average molecular weight is 247 g/mol. The maximum Gasteiger partial charge on any atom is 0.0484 e. The predicted octanol–water partition coefficient (Wildman–Crippen LogP) is 4.71. The molecule has 1 aliphatic heterocycles. The van der Waals surface area contributed by atoms with Gasteiger partial charge in [-0.1, -0.05) is 61.2 Å². The molecule has 0 aromatic heterocycles. The van der Waals surface area contributed by atoms with E-state index in [1.54, 1.807) is 0 Å². The third-order valence-electron chi connectivity index (χ3n) is 3.51. The Kier molecular flexibility index (Phi) is 2.96. The van der Waals surface area contributed by atoms with Crippen molar-refractivity contribution >= 4 is 17.8 Å². The van der Waals surface area contributed by atoms with Gasteiger partial charge in [0.2, 0.25) is 0 Å². The van der Waals surface area contributed by atoms with Gasteiger partial charge in [0.05, 0.1) is 0 Å². The van der Waals surface area contributed by atoms with E-state index in [-0.39, 0.29) is 0 Å². The molecule has 94 valence electrons. The molecule has 0 aliphatic carbocycles. The fourth-order valence-electron chi connectivity index (χ4n) is 2.49. The molecule has 0 bridgehead atoms. The third-order valence-corrected chi connectivity index (χ3v) is 3.51. The Morgan fingerprint density at radius 1 is 0.947 bits per heavy atom. The first-order chi connectivity index (χ1) is 9.25. The van der Waals surface area contributed by atoms with Crippen molar-refractivity contribution in [1.29, 1.82) is 0 Å². The van der Waals surface area contributed by atoms with Crippen LogP contribution in [0.15, 0.2) is 60.8 Å². The highest BCUT2D eigenvalue weighted by Crippen LogP contribution is 2.30. The first-order valence-corrected chi connectivity index (χ1v) is 6.54. The standard InChI is InChI=1S/C18H17N/c1-14(2)19-13-17-9-4-3-7-15(17)11-12-16-8-5-6-10-18(16)19/h3-12H,1,13H2,2H3/b12-11-. The van der Waals surface area contributed by atoms with Crippen molar-refractivity contribution in [3.05, 3.63) is 77.5 Å². The summed E-state index contributed by atoms with van der Waals surface area (Å²) in [5, 5.41) is 0. The van der Waals surface area contributed by atoms with Crippen molar-refractivity contribution in [2.45, 2.75) is 13.5 Å². The van der Waals surface area contributed by atoms with Crippen molar-refractivity contribution in [3.63, 3.8) is 0 Å². The number of benzene rings is 2. The van der Waals surface area contributed by atoms with Crippen LogP contribution in [0.2, 0.25) is 0 Å². The van der Waals surface area contributed by atoms with Crippen LogP contribution in [0.25, 0.3) is 12.2 Å². The van der Waals surface area contributed by atoms with Gasteiger partial charge in [-0.3, -0.25) is 0 Å². The Balaban J connectivity index is 2.19. The molecule has 0 N–H and O–H groups in total. The second-order valence-electron chi connectivity index (χ2n) is 4.91. The molecule has 2 aromatic rings. The van der Waals surface area contributed by atoms with Crippen LogP contribution in [-0.2, 0) is 6.54 Å². The number of anilines is 1. The summed E-state index contributed by atoms with van der Waals surface area (Å²) in [6.07, 6.45) is 4.38. The quantitative estimate of drug-likeness (QED) is 0.705. The molecule has 0 fully saturated rings. The van der Waals surface area contributed by atoms with Gasteiger partial charge in [-0.2, -0.15) is 0 Å². The summed E-state index contributed by atoms with van der Waals surface area (Å²) < 4.78 is 0. The minimum Gasteiger partial charge on any atom is -0.341 e. The zero-order chi connectivity index (χ0) is 13.2. The number of para-hydroxylation sites is 1. The van der Waals surface area contributed by atoms with Gasteiger partial charge in [0.1, 0.15) is 0 Å². The number of allylic oxidation sites excluding steroid dienone is 1. The Bertz CT molecular complexity index is 652. The smallest absolute Gasteiger partial charge is 0.0484 e. The van der Waals surface area contributed by atoms with Crippen LogP contribution in [0, 0.1) is 0 Å². The summed E-state index contributed by atoms with van der Waals surface area (Å²) in [4.78, 5) is 2.28. The fourth-order valence-corrected chi connectivity index (χ4v) is 2.49. The average Bonchev–Trinajstić information content (AvgIpc) is 2.41. The Morgan fingerprint density at radius 2 is 1.58 bits per heavy atom. The van der Waals surface area contributed by atoms with E-state index in [2.05, 4.69) is 79.1 Å². The van der Waals surface area contributed by atoms with Crippen LogP contribution in [-0.4, -0.2) is 0 Å². The first kappa shape index (κ1) is 11.8. The lowest BCUT2D eigenvalue weighted by atomic mass is 10.0. The van der Waals surface area contributed by atoms with E-state index in [0.29, 0.717) is 0 Å². The van der Waals surface area contributed by atoms with Crippen molar-refractivity contribution in [1.82, 2.24) is 0 Å². The van der Waals surface area contributed by atoms with Crippen LogP contribution in [0.3, 0.4) is 0 Å². The molecule has 2 aromatic carbocycles. The molecule has 0 spiro atoms. The summed E-state index contributed by atoms with van der Waals surface area (Å²) >= 11 is 0. The summed E-state index contributed by atoms with van der Waals surface area (Å²) in [5.74, 6) is 0. The monoisotopic (exact) mass is 247 g/mol. The number of hydrogen-bond donors (Lipinski definition) is 0. The van der Waals surface area contributed by atoms with Gasteiger partial charge in [-0.25, -0.2) is 0 Å². The highest BCUT2D eigenvalue weighted by atomic mass is 15.1. The lowest BCUT2D eigenvalue weighted by Gasteiger charge is -2.28. The molecule has 0 saturated carbocycles. The number of fused-ring (bicyclic) bond motifs is 2. The molecular formula is C18H17N. The van der Waals surface area contributed by atoms with E-state index < -0.39 is 0 Å². The molecule has 0 unspecified atom stereocenters. The van der Waals surface area contributed by atoms with Crippen LogP contribution in [0.4, 0.5) is 5.69 Å². The lowest BCUT2D eigenvalue weighted by molar-refractivity contribution is 0.911. The van der Waals surface area contributed by atoms with Crippen LogP contribution in [0.1, 0.15) is 23.6 Å². The topological polar surface area (TPSA) is 3.24 Å². The molecule has 1 aliphatic rings. The zero-order valence-electron chi connectivity index (χ0n) is 11.1. The lowest BCUT2D eigenvalue weighted by Crippen LogP contribution is -2.21. The van der Waals surface area contributed by atoms with Crippen molar-refractivity contribution in [3.8, 4) is 0 Å². The molecule has 1 heterocycles. The van der Waals surface area contributed by atoms with Gasteiger partial charge in [-0.15, -0.1) is 0 Å². The summed E-state index contributed by atoms with van der Waals surface area (Å²) in [5.41, 5.74) is 6.14. The largest absolute Gasteiger partial charge is 0.341 e. The highest BCUT2D eigenvalue weighted by Gasteiger charge is 2.14. The van der Waals surface area contributed by atoms with E-state index >= 15 is 0 Å². The van der Waals surface area contributed by atoms with Gasteiger partial charge in [0, 0.05) is 17.9 Å². The van der Waals surface area contributed by atoms with Gasteiger partial charge >= 0.3 is 0 Å². The van der Waals surface area contributed by atoms with Gasteiger partial charge < -0.3 is 4.90 Å². The zero-order valence-corrected chi connectivity index (χ0v) is 11.1. The van der Waals surface area contributed by atoms with Crippen molar-refractivity contribution in [2.24, 2.45) is 0 Å². The minimum absolute atomic E-state index is 0.868. The van der Waals surface area contributed by atoms with Crippen LogP contribution in [0.5, 0.6) is 0 Å². The molecule has 0 saturated heterocycles. The molecular weight excluding hydrogens is 230 g/mol. The first-order valence-electron chi connectivity index (χ1n) is 6.54. The number of hydrogen-bond acceptors (Lipinski definition) is 1. The highest BCUT2D eigenvalue weighted by molar-refractivity contribution is 5.80. The van der Waals surface area contributed by atoms with E-state index in [0.717, 1.165) is 12.2 Å². The molecule has 1 nitrogen and oxygen atoms in total. The maximum absolute atomic E-state index is 4.12. The third kappa shape index (κ3) is 2.19. The summed E-state index contributed by atoms with van der Waals surface area (Å²) in [6.45, 7) is 7.05. The molecule has 0 radical (unpaired) electrons. The summed E-state index contributed by atoms with van der Waals surface area (Å²) in [6, 6.07) is 17.0. The Morgan fingerprint density at radius 3 is 2.37 bits per heavy atom. The molecule has 0 atom stereocenters. The van der Waals surface area contributed by atoms with E-state index in [1.807, 2.05) is 0 Å². The SMILES string of the molecule is C=C(C)N1Cc2ccccc2/C=C\c2ccccc21. The van der Waals surface area contributed by atoms with Crippen molar-refractivity contribution < 1.29 is 0 Å². The van der Waals surface area contributed by atoms with Crippen LogP contribution >= 0.6 is 0 Å². The van der Waals surface area contributed by atoms with Gasteiger partial charge in [0.25, 0.3) is 0 Å². The van der Waals surface area contributed by atoms with Crippen molar-refractivity contribution in [2.75, 3.05) is 4.90 Å². The molecule has 0 amide bonds. The molecule has 1 heteroatoms. The summed E-state index contributed by atoms with van der Waals surface area (Å²) in [7, 11) is 0. The van der Waals surface area contributed by atoms with Gasteiger partial charge in [-0.05, 0) is 29.7 Å². The second kappa shape index (κ2) is 4.77. The molecule has 19 heavy (non-hydrogen) atoms. The van der Waals surface area contributed by atoms with E-state index in [1.165, 1.54) is 22.4 Å². The maximum atomic E-state index is 4.12.